The second-order valence-electron chi connectivity index (χ2n) is 4.41. The van der Waals surface area contributed by atoms with Crippen LogP contribution in [-0.2, 0) is 19.1 Å². The van der Waals surface area contributed by atoms with Crippen molar-refractivity contribution in [1.82, 2.24) is 5.32 Å². The fourth-order valence-corrected chi connectivity index (χ4v) is 1.14. The molecule has 86 valence electrons. The van der Waals surface area contributed by atoms with Gasteiger partial charge in [-0.15, -0.1) is 0 Å². The van der Waals surface area contributed by atoms with Crippen molar-refractivity contribution in [3.05, 3.63) is 0 Å². The normalized spacial score (nSPS) is 24.5. The fourth-order valence-electron chi connectivity index (χ4n) is 1.14. The first kappa shape index (κ1) is 12.0. The molecule has 1 aliphatic rings. The van der Waals surface area contributed by atoms with Gasteiger partial charge in [0, 0.05) is 0 Å². The van der Waals surface area contributed by atoms with Crippen LogP contribution in [0.4, 0.5) is 0 Å². The molecule has 5 nitrogen and oxygen atoms in total. The molecule has 1 heterocycles. The number of carbonyl (C=O) groups excluding carboxylic acids is 2. The van der Waals surface area contributed by atoms with Crippen molar-refractivity contribution in [2.75, 3.05) is 6.61 Å². The average molecular weight is 215 g/mol. The van der Waals surface area contributed by atoms with Crippen LogP contribution >= 0.6 is 0 Å². The Morgan fingerprint density at radius 2 is 1.73 bits per heavy atom. The Labute approximate surface area is 89.1 Å². The summed E-state index contributed by atoms with van der Waals surface area (Å²) in [4.78, 5) is 22.6. The summed E-state index contributed by atoms with van der Waals surface area (Å²) in [5, 5.41) is 2.73. The highest BCUT2D eigenvalue weighted by Gasteiger charge is 2.50. The van der Waals surface area contributed by atoms with E-state index >= 15 is 0 Å². The van der Waals surface area contributed by atoms with Crippen LogP contribution in [0.3, 0.4) is 0 Å². The summed E-state index contributed by atoms with van der Waals surface area (Å²) in [6.07, 6.45) is 0. The lowest BCUT2D eigenvalue weighted by atomic mass is 10.2. The van der Waals surface area contributed by atoms with Crippen molar-refractivity contribution >= 4 is 11.9 Å². The lowest BCUT2D eigenvalue weighted by Crippen LogP contribution is -2.29. The van der Waals surface area contributed by atoms with Crippen LogP contribution in [-0.4, -0.2) is 36.2 Å². The molecule has 1 rings (SSSR count). The van der Waals surface area contributed by atoms with E-state index in [9.17, 15) is 9.59 Å². The molecule has 0 aromatic carbocycles. The molecule has 0 aliphatic carbocycles. The highest BCUT2D eigenvalue weighted by molar-refractivity contribution is 5.92. The summed E-state index contributed by atoms with van der Waals surface area (Å²) in [6, 6.07) is -1.07. The lowest BCUT2D eigenvalue weighted by Gasteiger charge is -2.18. The van der Waals surface area contributed by atoms with Crippen molar-refractivity contribution in [2.24, 2.45) is 0 Å². The summed E-state index contributed by atoms with van der Waals surface area (Å²) < 4.78 is 9.88. The Bertz CT molecular complexity index is 269. The molecule has 0 spiro atoms. The minimum Gasteiger partial charge on any atom is -0.465 e. The van der Waals surface area contributed by atoms with E-state index < -0.39 is 29.6 Å². The topological polar surface area (TPSA) is 74.5 Å². The van der Waals surface area contributed by atoms with Crippen LogP contribution in [0, 0.1) is 0 Å². The largest absolute Gasteiger partial charge is 0.465 e. The van der Waals surface area contributed by atoms with E-state index in [-0.39, 0.29) is 0 Å². The van der Waals surface area contributed by atoms with E-state index in [1.54, 1.807) is 27.7 Å². The molecular formula is C10H17NO4. The minimum absolute atomic E-state index is 0.318. The van der Waals surface area contributed by atoms with Gasteiger partial charge in [0.1, 0.15) is 17.7 Å². The van der Waals surface area contributed by atoms with Crippen LogP contribution in [0.15, 0.2) is 0 Å². The molecule has 0 radical (unpaired) electrons. The molecule has 0 unspecified atom stereocenters. The van der Waals surface area contributed by atoms with Gasteiger partial charge in [-0.2, -0.15) is 0 Å². The van der Waals surface area contributed by atoms with E-state index in [0.717, 1.165) is 0 Å². The van der Waals surface area contributed by atoms with E-state index in [1.807, 2.05) is 0 Å². The third-order valence-electron chi connectivity index (χ3n) is 1.78. The number of hydrogen-bond acceptors (Lipinski definition) is 5. The molecule has 0 saturated carbocycles. The minimum atomic E-state index is -0.539. The maximum absolute atomic E-state index is 11.4. The smallest absolute Gasteiger partial charge is 0.325 e. The molecule has 1 N–H and O–H groups in total. The quantitative estimate of drug-likeness (QED) is 0.539. The monoisotopic (exact) mass is 215 g/mol. The van der Waals surface area contributed by atoms with Crippen molar-refractivity contribution in [2.45, 2.75) is 45.4 Å². The Morgan fingerprint density at radius 3 is 2.20 bits per heavy atom. The number of esters is 2. The third-order valence-corrected chi connectivity index (χ3v) is 1.78. The average Bonchev–Trinajstić information content (AvgIpc) is 2.79. The SMILES string of the molecule is CCOC(=O)[C@@H]1N[C@H]1C(=O)OC(C)(C)C. The van der Waals surface area contributed by atoms with Crippen molar-refractivity contribution in [1.29, 1.82) is 0 Å². The Morgan fingerprint density at radius 1 is 1.20 bits per heavy atom. The molecule has 1 saturated heterocycles. The van der Waals surface area contributed by atoms with Gasteiger partial charge in [-0.3, -0.25) is 14.9 Å². The number of nitrogens with one attached hydrogen (secondary N) is 1. The predicted molar refractivity (Wildman–Crippen MR) is 53.2 cm³/mol. The molecule has 0 bridgehead atoms. The first-order valence-electron chi connectivity index (χ1n) is 5.00. The van der Waals surface area contributed by atoms with Gasteiger partial charge in [-0.1, -0.05) is 0 Å². The van der Waals surface area contributed by atoms with Gasteiger partial charge in [-0.25, -0.2) is 0 Å². The van der Waals surface area contributed by atoms with Crippen LogP contribution in [0.1, 0.15) is 27.7 Å². The molecule has 1 aliphatic heterocycles. The zero-order chi connectivity index (χ0) is 11.6. The van der Waals surface area contributed by atoms with E-state index in [1.165, 1.54) is 0 Å². The fraction of sp³-hybridized carbons (Fsp3) is 0.800. The van der Waals surface area contributed by atoms with Gasteiger partial charge in [-0.05, 0) is 27.7 Å². The molecule has 0 aromatic heterocycles. The van der Waals surface area contributed by atoms with E-state index in [0.29, 0.717) is 6.61 Å². The summed E-state index contributed by atoms with van der Waals surface area (Å²) in [5.74, 6) is -0.797. The number of carbonyl (C=O) groups is 2. The molecule has 2 atom stereocenters. The Balaban J connectivity index is 2.37. The standard InChI is InChI=1S/C10H17NO4/c1-5-14-8(12)6-7(11-6)9(13)15-10(2,3)4/h6-7,11H,5H2,1-4H3/t6-,7-/m1/s1. The highest BCUT2D eigenvalue weighted by Crippen LogP contribution is 2.18. The van der Waals surface area contributed by atoms with E-state index in [4.69, 9.17) is 9.47 Å². The Kier molecular flexibility index (Phi) is 3.34. The Hall–Kier alpha value is -1.10. The molecule has 0 aromatic rings. The lowest BCUT2D eigenvalue weighted by molar-refractivity contribution is -0.155. The maximum Gasteiger partial charge on any atom is 0.325 e. The van der Waals surface area contributed by atoms with Gasteiger partial charge < -0.3 is 9.47 Å². The molecule has 1 fully saturated rings. The second kappa shape index (κ2) is 4.18. The van der Waals surface area contributed by atoms with Gasteiger partial charge in [0.25, 0.3) is 0 Å². The number of rotatable bonds is 3. The second-order valence-corrected chi connectivity index (χ2v) is 4.41. The molecule has 15 heavy (non-hydrogen) atoms. The zero-order valence-electron chi connectivity index (χ0n) is 9.49. The number of hydrogen-bond donors (Lipinski definition) is 1. The molecule has 5 heteroatoms. The third kappa shape index (κ3) is 3.51. The van der Waals surface area contributed by atoms with Gasteiger partial charge >= 0.3 is 11.9 Å². The van der Waals surface area contributed by atoms with Gasteiger partial charge in [0.2, 0.25) is 0 Å². The van der Waals surface area contributed by atoms with Crippen molar-refractivity contribution < 1.29 is 19.1 Å². The first-order chi connectivity index (χ1) is 6.85. The maximum atomic E-state index is 11.4. The summed E-state index contributed by atoms with van der Waals surface area (Å²) >= 11 is 0. The summed E-state index contributed by atoms with van der Waals surface area (Å²) in [5.41, 5.74) is -0.527. The summed E-state index contributed by atoms with van der Waals surface area (Å²) in [7, 11) is 0. The van der Waals surface area contributed by atoms with Crippen LogP contribution in [0.25, 0.3) is 0 Å². The van der Waals surface area contributed by atoms with Crippen LogP contribution < -0.4 is 5.32 Å². The first-order valence-corrected chi connectivity index (χ1v) is 5.00. The zero-order valence-corrected chi connectivity index (χ0v) is 9.49. The van der Waals surface area contributed by atoms with Crippen molar-refractivity contribution in [3.8, 4) is 0 Å². The van der Waals surface area contributed by atoms with Gasteiger partial charge in [0.05, 0.1) is 6.61 Å². The predicted octanol–water partition coefficient (Wildman–Crippen LogP) is 0.232. The van der Waals surface area contributed by atoms with Crippen molar-refractivity contribution in [3.63, 3.8) is 0 Å². The van der Waals surface area contributed by atoms with Crippen LogP contribution in [0.2, 0.25) is 0 Å². The summed E-state index contributed by atoms with van der Waals surface area (Å²) in [6.45, 7) is 7.40. The van der Waals surface area contributed by atoms with E-state index in [2.05, 4.69) is 5.32 Å². The molecule has 0 amide bonds. The van der Waals surface area contributed by atoms with Crippen LogP contribution in [0.5, 0.6) is 0 Å². The molecular weight excluding hydrogens is 198 g/mol. The van der Waals surface area contributed by atoms with Gasteiger partial charge in [0.15, 0.2) is 0 Å². The highest BCUT2D eigenvalue weighted by atomic mass is 16.6. The number of ether oxygens (including phenoxy) is 2.